The largest absolute Gasteiger partial charge is 0.455 e. The average molecular weight is 527 g/mol. The Morgan fingerprint density at radius 2 is 0.976 bits per heavy atom. The predicted molar refractivity (Wildman–Crippen MR) is 175 cm³/mol. The number of furan rings is 1. The first-order valence-corrected chi connectivity index (χ1v) is 13.6. The maximum atomic E-state index is 8.89. The highest BCUT2D eigenvalue weighted by atomic mass is 16.3. The van der Waals surface area contributed by atoms with Gasteiger partial charge in [0.15, 0.2) is 0 Å². The SMILES string of the molecule is [2H]c1c([2H])c([2H])c2c(c1[2H])c([2H])c([2H])c1oc3c(-c4c5ccccc5c(-c5cccc6ccccc56)c5ccccc45)cccc3c12. The van der Waals surface area contributed by atoms with Gasteiger partial charge in [-0.1, -0.05) is 139 Å². The Hall–Kier alpha value is -5.40. The smallest absolute Gasteiger partial charge is 0.143 e. The van der Waals surface area contributed by atoms with E-state index in [1.165, 1.54) is 10.8 Å². The molecular weight excluding hydrogens is 496 g/mol. The van der Waals surface area contributed by atoms with Crippen LogP contribution >= 0.6 is 0 Å². The van der Waals surface area contributed by atoms with E-state index in [1.54, 1.807) is 0 Å². The molecule has 0 aliphatic heterocycles. The molecule has 1 heterocycles. The molecule has 1 nitrogen and oxygen atoms in total. The molecule has 1 heteroatoms. The first-order chi connectivity index (χ1) is 22.9. The van der Waals surface area contributed by atoms with E-state index in [0.29, 0.717) is 16.4 Å². The number of fused-ring (bicyclic) bond motifs is 8. The van der Waals surface area contributed by atoms with Gasteiger partial charge in [0.1, 0.15) is 11.2 Å². The van der Waals surface area contributed by atoms with Gasteiger partial charge in [-0.3, -0.25) is 0 Å². The van der Waals surface area contributed by atoms with Crippen LogP contribution in [0.2, 0.25) is 0 Å². The summed E-state index contributed by atoms with van der Waals surface area (Å²) >= 11 is 0. The maximum Gasteiger partial charge on any atom is 0.143 e. The van der Waals surface area contributed by atoms with Gasteiger partial charge >= 0.3 is 0 Å². The second-order valence-corrected chi connectivity index (χ2v) is 10.4. The zero-order valence-electron chi connectivity index (χ0n) is 27.8. The van der Waals surface area contributed by atoms with Crippen LogP contribution in [0.1, 0.15) is 8.22 Å². The normalized spacial score (nSPS) is 14.0. The molecule has 0 saturated heterocycles. The van der Waals surface area contributed by atoms with Crippen molar-refractivity contribution in [3.8, 4) is 22.3 Å². The van der Waals surface area contributed by atoms with Crippen molar-refractivity contribution in [3.05, 3.63) is 145 Å². The first kappa shape index (κ1) is 17.3. The summed E-state index contributed by atoms with van der Waals surface area (Å²) in [4.78, 5) is 0. The van der Waals surface area contributed by atoms with Gasteiger partial charge in [-0.25, -0.2) is 0 Å². The van der Waals surface area contributed by atoms with Crippen LogP contribution in [0, 0.1) is 0 Å². The van der Waals surface area contributed by atoms with Crippen molar-refractivity contribution >= 4 is 65.0 Å². The molecule has 0 fully saturated rings. The lowest BCUT2D eigenvalue weighted by atomic mass is 9.84. The van der Waals surface area contributed by atoms with Crippen LogP contribution in [0.15, 0.2) is 150 Å². The van der Waals surface area contributed by atoms with Crippen LogP contribution in [0.5, 0.6) is 0 Å². The zero-order chi connectivity index (χ0) is 32.1. The van der Waals surface area contributed by atoms with Gasteiger partial charge in [-0.15, -0.1) is 0 Å². The maximum absolute atomic E-state index is 8.89. The Morgan fingerprint density at radius 3 is 1.73 bits per heavy atom. The molecule has 0 N–H and O–H groups in total. The van der Waals surface area contributed by atoms with Crippen molar-refractivity contribution < 1.29 is 12.6 Å². The van der Waals surface area contributed by atoms with E-state index in [9.17, 15) is 0 Å². The Balaban J connectivity index is 1.46. The van der Waals surface area contributed by atoms with Crippen molar-refractivity contribution in [1.29, 1.82) is 0 Å². The van der Waals surface area contributed by atoms with Crippen LogP contribution < -0.4 is 0 Å². The number of para-hydroxylation sites is 1. The van der Waals surface area contributed by atoms with E-state index >= 15 is 0 Å². The van der Waals surface area contributed by atoms with Gasteiger partial charge in [0.05, 0.1) is 8.22 Å². The van der Waals surface area contributed by atoms with Gasteiger partial charge < -0.3 is 4.42 Å². The van der Waals surface area contributed by atoms with E-state index in [2.05, 4.69) is 78.9 Å². The van der Waals surface area contributed by atoms with E-state index in [4.69, 9.17) is 12.6 Å². The minimum Gasteiger partial charge on any atom is -0.455 e. The molecule has 0 saturated carbocycles. The molecule has 0 aliphatic carbocycles. The minimum atomic E-state index is -0.424. The lowest BCUT2D eigenvalue weighted by Gasteiger charge is -2.18. The number of hydrogen-bond donors (Lipinski definition) is 0. The van der Waals surface area contributed by atoms with E-state index < -0.39 is 6.04 Å². The molecule has 1 aromatic heterocycles. The second-order valence-electron chi connectivity index (χ2n) is 10.4. The molecular formula is C40H24O. The van der Waals surface area contributed by atoms with E-state index in [1.807, 2.05) is 30.3 Å². The molecule has 41 heavy (non-hydrogen) atoms. The van der Waals surface area contributed by atoms with Crippen molar-refractivity contribution in [2.45, 2.75) is 0 Å². The lowest BCUT2D eigenvalue weighted by Crippen LogP contribution is -1.91. The van der Waals surface area contributed by atoms with Gasteiger partial charge in [0, 0.05) is 21.9 Å². The fraction of sp³-hybridized carbons (Fsp3) is 0. The third kappa shape index (κ3) is 3.18. The fourth-order valence-corrected chi connectivity index (χ4v) is 6.52. The highest BCUT2D eigenvalue weighted by Crippen LogP contribution is 2.47. The highest BCUT2D eigenvalue weighted by molar-refractivity contribution is 6.27. The molecule has 0 unspecified atom stereocenters. The summed E-state index contributed by atoms with van der Waals surface area (Å²) in [5.74, 6) is 0. The average Bonchev–Trinajstić information content (AvgIpc) is 3.50. The summed E-state index contributed by atoms with van der Waals surface area (Å²) in [6.45, 7) is 0. The van der Waals surface area contributed by atoms with E-state index in [-0.39, 0.29) is 46.6 Å². The standard InChI is InChI=1S/C40H24O/c1-3-14-27-25(11-1)13-9-20-29(27)37-30-16-5-7-18-32(30)38(33-19-8-6-17-31(33)37)34-21-10-22-35-39-28-15-4-2-12-26(28)23-24-36(39)41-40(34)35/h1-24H/i2D,4D,12D,15D,23D,24D. The Kier molecular flexibility index (Phi) is 3.61. The molecule has 8 aromatic carbocycles. The van der Waals surface area contributed by atoms with E-state index in [0.717, 1.165) is 43.8 Å². The van der Waals surface area contributed by atoms with Gasteiger partial charge in [0.25, 0.3) is 0 Å². The van der Waals surface area contributed by atoms with Crippen molar-refractivity contribution in [2.24, 2.45) is 0 Å². The number of hydrogen-bond acceptors (Lipinski definition) is 1. The first-order valence-electron chi connectivity index (χ1n) is 16.6. The lowest BCUT2D eigenvalue weighted by molar-refractivity contribution is 0.670. The van der Waals surface area contributed by atoms with Crippen LogP contribution in [-0.2, 0) is 0 Å². The molecule has 190 valence electrons. The Morgan fingerprint density at radius 1 is 0.415 bits per heavy atom. The summed E-state index contributed by atoms with van der Waals surface area (Å²) in [7, 11) is 0. The topological polar surface area (TPSA) is 13.1 Å². The van der Waals surface area contributed by atoms with Gasteiger partial charge in [0.2, 0.25) is 0 Å². The quantitative estimate of drug-likeness (QED) is 0.204. The number of rotatable bonds is 2. The van der Waals surface area contributed by atoms with Crippen LogP contribution in [0.25, 0.3) is 87.3 Å². The van der Waals surface area contributed by atoms with Gasteiger partial charge in [-0.2, -0.15) is 0 Å². The van der Waals surface area contributed by atoms with Gasteiger partial charge in [-0.05, 0) is 60.3 Å². The van der Waals surface area contributed by atoms with Crippen LogP contribution in [-0.4, -0.2) is 0 Å². The summed E-state index contributed by atoms with van der Waals surface area (Å²) in [5.41, 5.74) is 4.69. The molecule has 9 rings (SSSR count). The molecule has 0 amide bonds. The van der Waals surface area contributed by atoms with Crippen molar-refractivity contribution in [3.63, 3.8) is 0 Å². The highest BCUT2D eigenvalue weighted by Gasteiger charge is 2.21. The second kappa shape index (κ2) is 8.55. The molecule has 0 spiro atoms. The summed E-state index contributed by atoms with van der Waals surface area (Å²) in [5, 5.41) is 7.84. The minimum absolute atomic E-state index is 0.0249. The zero-order valence-corrected chi connectivity index (χ0v) is 21.8. The molecule has 9 aromatic rings. The third-order valence-corrected chi connectivity index (χ3v) is 8.21. The molecule has 0 bridgehead atoms. The van der Waals surface area contributed by atoms with Crippen molar-refractivity contribution in [2.75, 3.05) is 0 Å². The predicted octanol–water partition coefficient (Wildman–Crippen LogP) is 11.5. The summed E-state index contributed by atoms with van der Waals surface area (Å²) < 4.78 is 58.2. The summed E-state index contributed by atoms with van der Waals surface area (Å²) in [6, 6.07) is 35.5. The number of benzene rings is 8. The fourth-order valence-electron chi connectivity index (χ4n) is 6.52. The Labute approximate surface area is 245 Å². The van der Waals surface area contributed by atoms with Crippen molar-refractivity contribution in [1.82, 2.24) is 0 Å². The van der Waals surface area contributed by atoms with Crippen LogP contribution in [0.3, 0.4) is 0 Å². The molecule has 0 aliphatic rings. The third-order valence-electron chi connectivity index (χ3n) is 8.21. The Bertz CT molecular complexity index is 2750. The molecule has 0 atom stereocenters. The monoisotopic (exact) mass is 526 g/mol. The van der Waals surface area contributed by atoms with Crippen LogP contribution in [0.4, 0.5) is 0 Å². The summed E-state index contributed by atoms with van der Waals surface area (Å²) in [6.07, 6.45) is 0. The molecule has 0 radical (unpaired) electrons.